The molecule has 3 aromatic rings. The Morgan fingerprint density at radius 1 is 1.25 bits per heavy atom. The number of morpholine rings is 1. The van der Waals surface area contributed by atoms with Crippen LogP contribution in [0.2, 0.25) is 0 Å². The molecule has 11 nitrogen and oxygen atoms in total. The largest absolute Gasteiger partial charge is 0.497 e. The zero-order valence-corrected chi connectivity index (χ0v) is 23.1. The van der Waals surface area contributed by atoms with Crippen LogP contribution < -0.4 is 24.5 Å². The zero-order valence-electron chi connectivity index (χ0n) is 22.3. The summed E-state index contributed by atoms with van der Waals surface area (Å²) in [7, 11) is 1.54. The maximum Gasteiger partial charge on any atom is 0.338 e. The predicted octanol–water partition coefficient (Wildman–Crippen LogP) is 2.55. The standard InChI is InChI=1S/C28H28N4O7S/c1-4-39-27(34)24-17(2)29-28-31(25(24)18-6-5-7-21(15-18)37-3)26(33)23(40-28)16-19-14-20(32(35)36)8-9-22(19)30-10-12-38-13-11-30/h5-9,14-16,25H,4,10-13H2,1-3H3. The number of nitro groups is 1. The van der Waals surface area contributed by atoms with E-state index in [9.17, 15) is 19.7 Å². The van der Waals surface area contributed by atoms with Crippen LogP contribution in [0.5, 0.6) is 5.75 Å². The van der Waals surface area contributed by atoms with E-state index in [1.54, 1.807) is 51.3 Å². The highest BCUT2D eigenvalue weighted by Gasteiger charge is 2.33. The molecule has 5 rings (SSSR count). The minimum absolute atomic E-state index is 0.0780. The highest BCUT2D eigenvalue weighted by Crippen LogP contribution is 2.32. The van der Waals surface area contributed by atoms with E-state index in [4.69, 9.17) is 14.2 Å². The minimum Gasteiger partial charge on any atom is -0.497 e. The van der Waals surface area contributed by atoms with E-state index in [1.807, 2.05) is 6.07 Å². The van der Waals surface area contributed by atoms with Gasteiger partial charge in [0.1, 0.15) is 5.75 Å². The number of hydrogen-bond acceptors (Lipinski definition) is 10. The lowest BCUT2D eigenvalue weighted by Crippen LogP contribution is -2.40. The first-order valence-electron chi connectivity index (χ1n) is 12.8. The summed E-state index contributed by atoms with van der Waals surface area (Å²) in [6, 6.07) is 11.0. The van der Waals surface area contributed by atoms with Crippen molar-refractivity contribution in [3.8, 4) is 5.75 Å². The SMILES string of the molecule is CCOC(=O)C1=C(C)N=c2sc(=Cc3cc([N+](=O)[O-])ccc3N3CCOCC3)c(=O)n2C1c1cccc(OC)c1. The Hall–Kier alpha value is -4.29. The Balaban J connectivity index is 1.72. The van der Waals surface area contributed by atoms with Gasteiger partial charge in [0.05, 0.1) is 53.7 Å². The van der Waals surface area contributed by atoms with Gasteiger partial charge in [0.25, 0.3) is 11.2 Å². The molecule has 1 unspecified atom stereocenters. The number of benzene rings is 2. The van der Waals surface area contributed by atoms with Crippen LogP contribution in [0.3, 0.4) is 0 Å². The third-order valence-electron chi connectivity index (χ3n) is 6.79. The van der Waals surface area contributed by atoms with Crippen LogP contribution in [0.25, 0.3) is 6.08 Å². The molecular formula is C28H28N4O7S. The summed E-state index contributed by atoms with van der Waals surface area (Å²) < 4.78 is 18.0. The van der Waals surface area contributed by atoms with Crippen LogP contribution in [0.15, 0.2) is 63.5 Å². The van der Waals surface area contributed by atoms with Gasteiger partial charge < -0.3 is 19.1 Å². The molecule has 3 heterocycles. The topological polar surface area (TPSA) is 126 Å². The van der Waals surface area contributed by atoms with E-state index in [0.29, 0.717) is 58.2 Å². The van der Waals surface area contributed by atoms with Gasteiger partial charge in [-0.25, -0.2) is 9.79 Å². The number of hydrogen-bond donors (Lipinski definition) is 0. The molecular weight excluding hydrogens is 536 g/mol. The van der Waals surface area contributed by atoms with Gasteiger partial charge in [-0.3, -0.25) is 19.5 Å². The van der Waals surface area contributed by atoms with Crippen molar-refractivity contribution in [2.75, 3.05) is 44.9 Å². The van der Waals surface area contributed by atoms with Gasteiger partial charge in [-0.15, -0.1) is 0 Å². The molecule has 0 radical (unpaired) electrons. The number of ether oxygens (including phenoxy) is 3. The lowest BCUT2D eigenvalue weighted by molar-refractivity contribution is -0.384. The van der Waals surface area contributed by atoms with Crippen LogP contribution >= 0.6 is 11.3 Å². The highest BCUT2D eigenvalue weighted by atomic mass is 32.1. The van der Waals surface area contributed by atoms with Gasteiger partial charge in [0.15, 0.2) is 4.80 Å². The molecule has 2 aromatic carbocycles. The molecule has 0 N–H and O–H groups in total. The zero-order chi connectivity index (χ0) is 28.4. The summed E-state index contributed by atoms with van der Waals surface area (Å²) in [6.07, 6.45) is 1.66. The van der Waals surface area contributed by atoms with Crippen molar-refractivity contribution in [2.24, 2.45) is 4.99 Å². The van der Waals surface area contributed by atoms with Gasteiger partial charge in [0, 0.05) is 36.5 Å². The molecule has 1 atom stereocenters. The van der Waals surface area contributed by atoms with Crippen LogP contribution in [0.1, 0.15) is 31.0 Å². The number of nitrogens with zero attached hydrogens (tertiary/aromatic N) is 4. The molecule has 1 fully saturated rings. The van der Waals surface area contributed by atoms with Gasteiger partial charge in [-0.05, 0) is 43.7 Å². The monoisotopic (exact) mass is 564 g/mol. The molecule has 1 aromatic heterocycles. The lowest BCUT2D eigenvalue weighted by atomic mass is 9.95. The number of methoxy groups -OCH3 is 1. The molecule has 0 bridgehead atoms. The lowest BCUT2D eigenvalue weighted by Gasteiger charge is -2.30. The van der Waals surface area contributed by atoms with Crippen molar-refractivity contribution < 1.29 is 23.9 Å². The number of carbonyl (C=O) groups excluding carboxylic acids is 1. The summed E-state index contributed by atoms with van der Waals surface area (Å²) in [5.74, 6) is 0.0170. The average Bonchev–Trinajstić information content (AvgIpc) is 3.26. The maximum absolute atomic E-state index is 14.0. The predicted molar refractivity (Wildman–Crippen MR) is 150 cm³/mol. The minimum atomic E-state index is -0.795. The van der Waals surface area contributed by atoms with Crippen LogP contribution in [0, 0.1) is 10.1 Å². The summed E-state index contributed by atoms with van der Waals surface area (Å²) in [5, 5.41) is 11.6. The van der Waals surface area contributed by atoms with E-state index in [1.165, 1.54) is 16.7 Å². The first-order valence-corrected chi connectivity index (χ1v) is 13.6. The molecule has 0 amide bonds. The van der Waals surface area contributed by atoms with Gasteiger partial charge in [0.2, 0.25) is 0 Å². The van der Waals surface area contributed by atoms with Crippen molar-refractivity contribution in [1.82, 2.24) is 4.57 Å². The first-order chi connectivity index (χ1) is 19.3. The average molecular weight is 565 g/mol. The Kier molecular flexibility index (Phi) is 7.81. The fourth-order valence-corrected chi connectivity index (χ4v) is 5.96. The second-order valence-electron chi connectivity index (χ2n) is 9.18. The van der Waals surface area contributed by atoms with Crippen LogP contribution in [-0.2, 0) is 14.3 Å². The van der Waals surface area contributed by atoms with Gasteiger partial charge in [-0.2, -0.15) is 0 Å². The van der Waals surface area contributed by atoms with Crippen LogP contribution in [-0.4, -0.2) is 55.5 Å². The van der Waals surface area contributed by atoms with Crippen molar-refractivity contribution >= 4 is 34.8 Å². The summed E-state index contributed by atoms with van der Waals surface area (Å²) >= 11 is 1.16. The number of fused-ring (bicyclic) bond motifs is 1. The molecule has 0 spiro atoms. The third-order valence-corrected chi connectivity index (χ3v) is 7.77. The Bertz CT molecular complexity index is 1680. The highest BCUT2D eigenvalue weighted by molar-refractivity contribution is 7.07. The van der Waals surface area contributed by atoms with E-state index in [0.717, 1.165) is 17.0 Å². The van der Waals surface area contributed by atoms with Crippen molar-refractivity contribution in [3.63, 3.8) is 0 Å². The second-order valence-corrected chi connectivity index (χ2v) is 10.2. The number of allylic oxidation sites excluding steroid dienone is 1. The second kappa shape index (κ2) is 11.4. The molecule has 208 valence electrons. The third kappa shape index (κ3) is 5.15. The smallest absolute Gasteiger partial charge is 0.338 e. The normalized spacial score (nSPS) is 17.3. The van der Waals surface area contributed by atoms with E-state index in [2.05, 4.69) is 9.89 Å². The van der Waals surface area contributed by atoms with E-state index < -0.39 is 16.9 Å². The Morgan fingerprint density at radius 2 is 2.02 bits per heavy atom. The molecule has 2 aliphatic heterocycles. The Morgan fingerprint density at radius 3 is 2.73 bits per heavy atom. The maximum atomic E-state index is 14.0. The molecule has 2 aliphatic rings. The van der Waals surface area contributed by atoms with Gasteiger partial charge >= 0.3 is 5.97 Å². The number of carbonyl (C=O) groups is 1. The summed E-state index contributed by atoms with van der Waals surface area (Å²) in [4.78, 5) is 45.3. The van der Waals surface area contributed by atoms with Crippen molar-refractivity contribution in [1.29, 1.82) is 0 Å². The fourth-order valence-electron chi connectivity index (χ4n) is 4.92. The number of thiazole rings is 1. The van der Waals surface area contributed by atoms with Crippen molar-refractivity contribution in [3.05, 3.63) is 94.7 Å². The number of aromatic nitrogens is 1. The number of nitro benzene ring substituents is 1. The number of esters is 1. The van der Waals surface area contributed by atoms with Crippen molar-refractivity contribution in [2.45, 2.75) is 19.9 Å². The first kappa shape index (κ1) is 27.3. The van der Waals surface area contributed by atoms with Crippen LogP contribution in [0.4, 0.5) is 11.4 Å². The molecule has 0 aliphatic carbocycles. The summed E-state index contributed by atoms with van der Waals surface area (Å²) in [6.45, 7) is 5.92. The number of rotatable bonds is 7. The van der Waals surface area contributed by atoms with E-state index >= 15 is 0 Å². The summed E-state index contributed by atoms with van der Waals surface area (Å²) in [5.41, 5.74) is 2.24. The van der Waals surface area contributed by atoms with Gasteiger partial charge in [-0.1, -0.05) is 23.5 Å². The number of non-ortho nitro benzene ring substituents is 1. The quantitative estimate of drug-likeness (QED) is 0.244. The molecule has 1 saturated heterocycles. The molecule has 12 heteroatoms. The fraction of sp³-hybridized carbons (Fsp3) is 0.321. The molecule has 0 saturated carbocycles. The Labute approximate surface area is 233 Å². The number of anilines is 1. The van der Waals surface area contributed by atoms with E-state index in [-0.39, 0.29) is 23.4 Å². The molecule has 40 heavy (non-hydrogen) atoms.